The van der Waals surface area contributed by atoms with E-state index in [4.69, 9.17) is 0 Å². The van der Waals surface area contributed by atoms with E-state index in [0.717, 1.165) is 26.4 Å². The molecule has 30 heavy (non-hydrogen) atoms. The lowest BCUT2D eigenvalue weighted by Crippen LogP contribution is -2.37. The molecule has 5 heteroatoms. The molecule has 154 valence electrons. The van der Waals surface area contributed by atoms with Crippen LogP contribution in [0.25, 0.3) is 11.1 Å². The summed E-state index contributed by atoms with van der Waals surface area (Å²) in [5.74, 6) is -0.239. The van der Waals surface area contributed by atoms with Crippen LogP contribution in [0.1, 0.15) is 25.7 Å². The summed E-state index contributed by atoms with van der Waals surface area (Å²) < 4.78 is 0. The normalized spacial score (nSPS) is 16.8. The maximum atomic E-state index is 13.0. The predicted octanol–water partition coefficient (Wildman–Crippen LogP) is 4.46. The van der Waals surface area contributed by atoms with Gasteiger partial charge in [0.2, 0.25) is 5.91 Å². The van der Waals surface area contributed by atoms with Crippen molar-refractivity contribution in [3.05, 3.63) is 81.5 Å². The van der Waals surface area contributed by atoms with Gasteiger partial charge in [-0.1, -0.05) is 54.1 Å². The van der Waals surface area contributed by atoms with Crippen molar-refractivity contribution in [2.24, 2.45) is 5.92 Å². The fourth-order valence-corrected chi connectivity index (χ4v) is 4.76. The summed E-state index contributed by atoms with van der Waals surface area (Å²) in [4.78, 5) is 29.4. The molecule has 1 aromatic heterocycles. The average Bonchev–Trinajstić information content (AvgIpc) is 3.10. The van der Waals surface area contributed by atoms with E-state index in [0.29, 0.717) is 26.1 Å². The molecule has 1 aliphatic heterocycles. The van der Waals surface area contributed by atoms with Crippen molar-refractivity contribution in [3.8, 4) is 11.1 Å². The zero-order chi connectivity index (χ0) is 21.1. The summed E-state index contributed by atoms with van der Waals surface area (Å²) in [5.41, 5.74) is 4.63. The Hall–Kier alpha value is -2.92. The second-order valence-electron chi connectivity index (χ2n) is 7.88. The van der Waals surface area contributed by atoms with Crippen LogP contribution < -0.4 is 5.32 Å². The minimum absolute atomic E-state index is 0.0152. The molecule has 1 atom stereocenters. The standard InChI is InChI=1S/C25H26N2O2S/c1-17-7-10-19(11-8-17)22-6-4-3-5-20(22)15-21-16-27(14-13-26-24(21)28)25(29)23-12-9-18(2)30-23/h3-12,21H,13-16H2,1-2H3,(H,26,28)/t21-/m1/s1. The average molecular weight is 419 g/mol. The number of aryl methyl sites for hydroxylation is 2. The van der Waals surface area contributed by atoms with Crippen molar-refractivity contribution in [1.29, 1.82) is 0 Å². The van der Waals surface area contributed by atoms with Crippen LogP contribution in [0.4, 0.5) is 0 Å². The number of amides is 2. The highest BCUT2D eigenvalue weighted by Crippen LogP contribution is 2.27. The number of thiophene rings is 1. The summed E-state index contributed by atoms with van der Waals surface area (Å²) >= 11 is 1.51. The Morgan fingerprint density at radius 1 is 1.07 bits per heavy atom. The third-order valence-electron chi connectivity index (χ3n) is 5.58. The maximum absolute atomic E-state index is 13.0. The molecule has 1 N–H and O–H groups in total. The maximum Gasteiger partial charge on any atom is 0.264 e. The number of nitrogens with zero attached hydrogens (tertiary/aromatic N) is 1. The molecule has 1 fully saturated rings. The van der Waals surface area contributed by atoms with Crippen LogP contribution in [-0.2, 0) is 11.2 Å². The first-order valence-corrected chi connectivity index (χ1v) is 11.1. The van der Waals surface area contributed by atoms with Gasteiger partial charge in [-0.15, -0.1) is 11.3 Å². The van der Waals surface area contributed by atoms with Crippen LogP contribution in [0.15, 0.2) is 60.7 Å². The van der Waals surface area contributed by atoms with E-state index in [1.807, 2.05) is 36.1 Å². The van der Waals surface area contributed by atoms with Gasteiger partial charge < -0.3 is 10.2 Å². The highest BCUT2D eigenvalue weighted by molar-refractivity contribution is 7.13. The van der Waals surface area contributed by atoms with E-state index in [1.54, 1.807) is 0 Å². The highest BCUT2D eigenvalue weighted by Gasteiger charge is 2.29. The van der Waals surface area contributed by atoms with Crippen LogP contribution in [0.5, 0.6) is 0 Å². The van der Waals surface area contributed by atoms with E-state index in [2.05, 4.69) is 48.6 Å². The summed E-state index contributed by atoms with van der Waals surface area (Å²) in [5, 5.41) is 2.99. The van der Waals surface area contributed by atoms with E-state index in [9.17, 15) is 9.59 Å². The highest BCUT2D eigenvalue weighted by atomic mass is 32.1. The third-order valence-corrected chi connectivity index (χ3v) is 6.57. The molecule has 0 spiro atoms. The Morgan fingerprint density at radius 2 is 1.83 bits per heavy atom. The van der Waals surface area contributed by atoms with Gasteiger partial charge in [0.15, 0.2) is 0 Å². The summed E-state index contributed by atoms with van der Waals surface area (Å²) in [6, 6.07) is 20.5. The van der Waals surface area contributed by atoms with E-state index < -0.39 is 0 Å². The molecule has 1 aliphatic rings. The van der Waals surface area contributed by atoms with Crippen LogP contribution in [0.3, 0.4) is 0 Å². The number of hydrogen-bond acceptors (Lipinski definition) is 3. The lowest BCUT2D eigenvalue weighted by molar-refractivity contribution is -0.124. The number of hydrogen-bond donors (Lipinski definition) is 1. The fraction of sp³-hybridized carbons (Fsp3) is 0.280. The van der Waals surface area contributed by atoms with Gasteiger partial charge in [0.1, 0.15) is 0 Å². The first-order chi connectivity index (χ1) is 14.5. The van der Waals surface area contributed by atoms with Crippen molar-refractivity contribution < 1.29 is 9.59 Å². The van der Waals surface area contributed by atoms with Crippen LogP contribution >= 0.6 is 11.3 Å². The SMILES string of the molecule is Cc1ccc(-c2ccccc2C[C@@H]2CN(C(=O)c3ccc(C)s3)CCNC2=O)cc1. The Labute approximate surface area is 181 Å². The molecule has 0 aliphatic carbocycles. The van der Waals surface area contributed by atoms with Crippen LogP contribution in [0, 0.1) is 19.8 Å². The van der Waals surface area contributed by atoms with Crippen molar-refractivity contribution in [2.45, 2.75) is 20.3 Å². The van der Waals surface area contributed by atoms with E-state index >= 15 is 0 Å². The Kier molecular flexibility index (Phi) is 6.00. The van der Waals surface area contributed by atoms with Gasteiger partial charge in [-0.2, -0.15) is 0 Å². The molecule has 1 saturated heterocycles. The van der Waals surface area contributed by atoms with Crippen molar-refractivity contribution in [3.63, 3.8) is 0 Å². The third kappa shape index (κ3) is 4.46. The largest absolute Gasteiger partial charge is 0.354 e. The van der Waals surface area contributed by atoms with Gasteiger partial charge in [0, 0.05) is 24.5 Å². The van der Waals surface area contributed by atoms with Gasteiger partial charge in [-0.05, 0) is 49.1 Å². The quantitative estimate of drug-likeness (QED) is 0.680. The zero-order valence-corrected chi connectivity index (χ0v) is 18.2. The van der Waals surface area contributed by atoms with Gasteiger partial charge in [-0.25, -0.2) is 0 Å². The molecule has 3 aromatic rings. The van der Waals surface area contributed by atoms with Gasteiger partial charge in [-0.3, -0.25) is 9.59 Å². The monoisotopic (exact) mass is 418 g/mol. The minimum atomic E-state index is -0.274. The lowest BCUT2D eigenvalue weighted by Gasteiger charge is -2.23. The van der Waals surface area contributed by atoms with Crippen molar-refractivity contribution >= 4 is 23.2 Å². The molecule has 0 saturated carbocycles. The van der Waals surface area contributed by atoms with Gasteiger partial charge in [0.25, 0.3) is 5.91 Å². The first kappa shape index (κ1) is 20.4. The van der Waals surface area contributed by atoms with Crippen molar-refractivity contribution in [2.75, 3.05) is 19.6 Å². The predicted molar refractivity (Wildman–Crippen MR) is 122 cm³/mol. The zero-order valence-electron chi connectivity index (χ0n) is 17.4. The Balaban J connectivity index is 1.58. The molecule has 4 nitrogen and oxygen atoms in total. The molecule has 0 radical (unpaired) electrons. The summed E-state index contributed by atoms with van der Waals surface area (Å²) in [6.45, 7) is 5.54. The van der Waals surface area contributed by atoms with Gasteiger partial charge >= 0.3 is 0 Å². The number of carbonyl (C=O) groups excluding carboxylic acids is 2. The molecule has 0 bridgehead atoms. The minimum Gasteiger partial charge on any atom is -0.354 e. The molecule has 2 aromatic carbocycles. The second kappa shape index (κ2) is 8.84. The number of benzene rings is 2. The van der Waals surface area contributed by atoms with Crippen LogP contribution in [-0.4, -0.2) is 36.3 Å². The molecular formula is C25H26N2O2S. The molecule has 2 amide bonds. The fourth-order valence-electron chi connectivity index (χ4n) is 3.92. The smallest absolute Gasteiger partial charge is 0.264 e. The molecular weight excluding hydrogens is 392 g/mol. The summed E-state index contributed by atoms with van der Waals surface area (Å²) in [7, 11) is 0. The van der Waals surface area contributed by atoms with E-state index in [1.165, 1.54) is 16.9 Å². The van der Waals surface area contributed by atoms with Gasteiger partial charge in [0.05, 0.1) is 10.8 Å². The summed E-state index contributed by atoms with van der Waals surface area (Å²) in [6.07, 6.45) is 0.600. The molecule has 2 heterocycles. The second-order valence-corrected chi connectivity index (χ2v) is 9.16. The van der Waals surface area contributed by atoms with Crippen LogP contribution in [0.2, 0.25) is 0 Å². The topological polar surface area (TPSA) is 49.4 Å². The Morgan fingerprint density at radius 3 is 2.57 bits per heavy atom. The number of rotatable bonds is 4. The lowest BCUT2D eigenvalue weighted by atomic mass is 9.91. The first-order valence-electron chi connectivity index (χ1n) is 10.3. The number of carbonyl (C=O) groups is 2. The van der Waals surface area contributed by atoms with E-state index in [-0.39, 0.29) is 17.7 Å². The number of nitrogens with one attached hydrogen (secondary N) is 1. The molecule has 0 unspecified atom stereocenters. The Bertz CT molecular complexity index is 1060. The van der Waals surface area contributed by atoms with Crippen molar-refractivity contribution in [1.82, 2.24) is 10.2 Å². The molecule has 4 rings (SSSR count).